The Labute approximate surface area is 87.3 Å². The molecule has 0 aromatic heterocycles. The highest BCUT2D eigenvalue weighted by molar-refractivity contribution is 5.81. The molecule has 0 aromatic rings. The largest absolute Gasteiger partial charge is 0.459 e. The first kappa shape index (κ1) is 13.2. The highest BCUT2D eigenvalue weighted by Crippen LogP contribution is 2.10. The SMILES string of the molecule is [CH2]CC(CCCCC)OC(=O)C=CC. The summed E-state index contributed by atoms with van der Waals surface area (Å²) in [4.78, 5) is 11.1. The van der Waals surface area contributed by atoms with Gasteiger partial charge in [-0.3, -0.25) is 0 Å². The summed E-state index contributed by atoms with van der Waals surface area (Å²) in [5, 5.41) is 0. The Balaban J connectivity index is 3.72. The van der Waals surface area contributed by atoms with Crippen molar-refractivity contribution in [3.8, 4) is 0 Å². The van der Waals surface area contributed by atoms with Crippen LogP contribution in [0, 0.1) is 6.92 Å². The second-order valence-electron chi connectivity index (χ2n) is 3.34. The topological polar surface area (TPSA) is 26.3 Å². The second kappa shape index (κ2) is 8.79. The summed E-state index contributed by atoms with van der Waals surface area (Å²) < 4.78 is 5.20. The first-order valence-electron chi connectivity index (χ1n) is 5.37. The first-order valence-corrected chi connectivity index (χ1v) is 5.37. The molecule has 0 heterocycles. The number of ether oxygens (including phenoxy) is 1. The second-order valence-corrected chi connectivity index (χ2v) is 3.34. The molecule has 0 bridgehead atoms. The van der Waals surface area contributed by atoms with Crippen LogP contribution in [0.15, 0.2) is 12.2 Å². The Morgan fingerprint density at radius 2 is 2.21 bits per heavy atom. The van der Waals surface area contributed by atoms with Crippen LogP contribution >= 0.6 is 0 Å². The van der Waals surface area contributed by atoms with Crippen molar-refractivity contribution in [1.82, 2.24) is 0 Å². The normalized spacial score (nSPS) is 13.1. The maximum atomic E-state index is 11.1. The molecule has 1 unspecified atom stereocenters. The van der Waals surface area contributed by atoms with Gasteiger partial charge >= 0.3 is 5.97 Å². The average molecular weight is 197 g/mol. The van der Waals surface area contributed by atoms with Crippen LogP contribution in [0.3, 0.4) is 0 Å². The first-order chi connectivity index (χ1) is 6.74. The van der Waals surface area contributed by atoms with Crippen molar-refractivity contribution >= 4 is 5.97 Å². The zero-order chi connectivity index (χ0) is 10.8. The summed E-state index contributed by atoms with van der Waals surface area (Å²) in [7, 11) is 0. The number of esters is 1. The molecule has 0 amide bonds. The van der Waals surface area contributed by atoms with Gasteiger partial charge in [-0.2, -0.15) is 0 Å². The van der Waals surface area contributed by atoms with Gasteiger partial charge in [0.1, 0.15) is 6.10 Å². The lowest BCUT2D eigenvalue weighted by molar-refractivity contribution is -0.143. The quantitative estimate of drug-likeness (QED) is 0.355. The molecule has 0 aliphatic carbocycles. The van der Waals surface area contributed by atoms with E-state index >= 15 is 0 Å². The molecular formula is C12H21O2. The molecule has 0 saturated heterocycles. The van der Waals surface area contributed by atoms with E-state index in [4.69, 9.17) is 4.74 Å². The van der Waals surface area contributed by atoms with E-state index in [1.807, 2.05) is 0 Å². The van der Waals surface area contributed by atoms with Crippen molar-refractivity contribution in [3.63, 3.8) is 0 Å². The van der Waals surface area contributed by atoms with Crippen LogP contribution in [-0.4, -0.2) is 12.1 Å². The van der Waals surface area contributed by atoms with Crippen molar-refractivity contribution in [2.45, 2.75) is 52.1 Å². The van der Waals surface area contributed by atoms with Crippen molar-refractivity contribution in [2.24, 2.45) is 0 Å². The molecule has 0 aliphatic heterocycles. The Morgan fingerprint density at radius 1 is 1.50 bits per heavy atom. The minimum absolute atomic E-state index is 0.00903. The van der Waals surface area contributed by atoms with Gasteiger partial charge in [-0.05, 0) is 33.1 Å². The van der Waals surface area contributed by atoms with E-state index in [9.17, 15) is 4.79 Å². The maximum Gasteiger partial charge on any atom is 0.330 e. The molecule has 0 fully saturated rings. The summed E-state index contributed by atoms with van der Waals surface area (Å²) in [6, 6.07) is 0. The van der Waals surface area contributed by atoms with E-state index in [1.165, 1.54) is 18.9 Å². The summed E-state index contributed by atoms with van der Waals surface area (Å²) in [6.07, 6.45) is 8.21. The van der Waals surface area contributed by atoms with E-state index < -0.39 is 0 Å². The molecular weight excluding hydrogens is 176 g/mol. The summed E-state index contributed by atoms with van der Waals surface area (Å²) in [6.45, 7) is 7.74. The smallest absolute Gasteiger partial charge is 0.330 e. The summed E-state index contributed by atoms with van der Waals surface area (Å²) in [5.74, 6) is -0.252. The molecule has 0 saturated carbocycles. The van der Waals surface area contributed by atoms with E-state index in [-0.39, 0.29) is 12.1 Å². The number of allylic oxidation sites excluding steroid dienone is 1. The van der Waals surface area contributed by atoms with Crippen LogP contribution in [0.4, 0.5) is 0 Å². The lowest BCUT2D eigenvalue weighted by atomic mass is 10.1. The van der Waals surface area contributed by atoms with Crippen LogP contribution in [0.1, 0.15) is 46.0 Å². The van der Waals surface area contributed by atoms with Crippen LogP contribution in [0.2, 0.25) is 0 Å². The van der Waals surface area contributed by atoms with Gasteiger partial charge < -0.3 is 4.74 Å². The van der Waals surface area contributed by atoms with Gasteiger partial charge in [-0.15, -0.1) is 0 Å². The fraction of sp³-hybridized carbons (Fsp3) is 0.667. The summed E-state index contributed by atoms with van der Waals surface area (Å²) in [5.41, 5.74) is 0. The molecule has 1 atom stereocenters. The van der Waals surface area contributed by atoms with Gasteiger partial charge in [0, 0.05) is 6.08 Å². The van der Waals surface area contributed by atoms with Gasteiger partial charge in [-0.1, -0.05) is 25.8 Å². The highest BCUT2D eigenvalue weighted by Gasteiger charge is 2.09. The lowest BCUT2D eigenvalue weighted by Crippen LogP contribution is -2.15. The number of rotatable bonds is 7. The number of hydrogen-bond acceptors (Lipinski definition) is 2. The van der Waals surface area contributed by atoms with Crippen LogP contribution in [0.5, 0.6) is 0 Å². The van der Waals surface area contributed by atoms with Gasteiger partial charge in [0.05, 0.1) is 0 Å². The summed E-state index contributed by atoms with van der Waals surface area (Å²) >= 11 is 0. The molecule has 0 spiro atoms. The van der Waals surface area contributed by atoms with E-state index in [0.29, 0.717) is 6.42 Å². The standard InChI is InChI=1S/C12H21O2/c1-4-7-8-10-11(6-3)14-12(13)9-5-2/h5,9,11H,3-4,6-8,10H2,1-2H3. The third-order valence-corrected chi connectivity index (χ3v) is 2.04. The lowest BCUT2D eigenvalue weighted by Gasteiger charge is -2.14. The predicted octanol–water partition coefficient (Wildman–Crippen LogP) is 3.28. The van der Waals surface area contributed by atoms with E-state index in [0.717, 1.165) is 12.8 Å². The third kappa shape index (κ3) is 6.70. The average Bonchev–Trinajstić information content (AvgIpc) is 2.17. The van der Waals surface area contributed by atoms with Gasteiger partial charge in [0.25, 0.3) is 0 Å². The van der Waals surface area contributed by atoms with Gasteiger partial charge in [0.15, 0.2) is 0 Å². The molecule has 0 rings (SSSR count). The molecule has 14 heavy (non-hydrogen) atoms. The van der Waals surface area contributed by atoms with Crippen LogP contribution in [-0.2, 0) is 9.53 Å². The van der Waals surface area contributed by atoms with Crippen molar-refractivity contribution < 1.29 is 9.53 Å². The zero-order valence-electron chi connectivity index (χ0n) is 9.29. The number of unbranched alkanes of at least 4 members (excludes halogenated alkanes) is 2. The molecule has 1 radical (unpaired) electrons. The molecule has 81 valence electrons. The molecule has 2 nitrogen and oxygen atoms in total. The fourth-order valence-corrected chi connectivity index (χ4v) is 1.22. The van der Waals surface area contributed by atoms with E-state index in [2.05, 4.69) is 13.8 Å². The molecule has 0 N–H and O–H groups in total. The Morgan fingerprint density at radius 3 is 2.71 bits per heavy atom. The Bertz CT molecular complexity index is 173. The predicted molar refractivity (Wildman–Crippen MR) is 58.8 cm³/mol. The zero-order valence-corrected chi connectivity index (χ0v) is 9.29. The molecule has 0 aliphatic rings. The van der Waals surface area contributed by atoms with Gasteiger partial charge in [0.2, 0.25) is 0 Å². The number of hydrogen-bond donors (Lipinski definition) is 0. The van der Waals surface area contributed by atoms with Crippen molar-refractivity contribution in [3.05, 3.63) is 19.1 Å². The van der Waals surface area contributed by atoms with Crippen molar-refractivity contribution in [2.75, 3.05) is 0 Å². The van der Waals surface area contributed by atoms with Gasteiger partial charge in [-0.25, -0.2) is 4.79 Å². The van der Waals surface area contributed by atoms with Crippen LogP contribution in [0.25, 0.3) is 0 Å². The minimum atomic E-state index is -0.252. The Hall–Kier alpha value is -0.790. The monoisotopic (exact) mass is 197 g/mol. The molecule has 0 aromatic carbocycles. The van der Waals surface area contributed by atoms with Crippen LogP contribution < -0.4 is 0 Å². The Kier molecular flexibility index (Phi) is 8.30. The fourth-order valence-electron chi connectivity index (χ4n) is 1.22. The maximum absolute atomic E-state index is 11.1. The van der Waals surface area contributed by atoms with Crippen molar-refractivity contribution in [1.29, 1.82) is 0 Å². The van der Waals surface area contributed by atoms with E-state index in [1.54, 1.807) is 13.0 Å². The number of carbonyl (C=O) groups is 1. The number of carbonyl (C=O) groups excluding carboxylic acids is 1. The molecule has 2 heteroatoms. The third-order valence-electron chi connectivity index (χ3n) is 2.04. The minimum Gasteiger partial charge on any atom is -0.459 e. The highest BCUT2D eigenvalue weighted by atomic mass is 16.5.